The molecule has 3 nitrogen and oxygen atoms in total. The highest BCUT2D eigenvalue weighted by Gasteiger charge is 2.34. The number of rotatable bonds is 4. The fourth-order valence-electron chi connectivity index (χ4n) is 2.21. The summed E-state index contributed by atoms with van der Waals surface area (Å²) in [6, 6.07) is 4.12. The summed E-state index contributed by atoms with van der Waals surface area (Å²) < 4.78 is 25.8. The summed E-state index contributed by atoms with van der Waals surface area (Å²) in [6.07, 6.45) is 2.63. The van der Waals surface area contributed by atoms with Gasteiger partial charge >= 0.3 is 0 Å². The maximum Gasteiger partial charge on any atom is 0.214 e. The van der Waals surface area contributed by atoms with Crippen LogP contribution in [-0.4, -0.2) is 25.0 Å². The second-order valence-electron chi connectivity index (χ2n) is 4.10. The molecular weight excluding hydrogens is 242 g/mol. The predicted octanol–water partition coefficient (Wildman–Crippen LogP) is 2.62. The van der Waals surface area contributed by atoms with Gasteiger partial charge in [-0.2, -0.15) is 4.31 Å². The van der Waals surface area contributed by atoms with Crippen molar-refractivity contribution in [2.75, 3.05) is 12.3 Å². The van der Waals surface area contributed by atoms with Gasteiger partial charge in [0, 0.05) is 11.4 Å². The molecule has 2 rings (SSSR count). The van der Waals surface area contributed by atoms with E-state index >= 15 is 0 Å². The van der Waals surface area contributed by atoms with Crippen LogP contribution < -0.4 is 0 Å². The molecule has 1 atom stereocenters. The van der Waals surface area contributed by atoms with E-state index in [4.69, 9.17) is 0 Å². The fraction of sp³-hybridized carbons (Fsp3) is 0.636. The molecule has 90 valence electrons. The average molecular weight is 259 g/mol. The summed E-state index contributed by atoms with van der Waals surface area (Å²) in [5, 5.41) is 2.01. The van der Waals surface area contributed by atoms with Crippen LogP contribution in [0, 0.1) is 0 Å². The number of sulfonamides is 1. The van der Waals surface area contributed by atoms with E-state index in [1.54, 1.807) is 15.6 Å². The van der Waals surface area contributed by atoms with Gasteiger partial charge in [0.05, 0.1) is 11.8 Å². The molecule has 16 heavy (non-hydrogen) atoms. The largest absolute Gasteiger partial charge is 0.214 e. The molecule has 0 N–H and O–H groups in total. The van der Waals surface area contributed by atoms with E-state index in [9.17, 15) is 8.42 Å². The van der Waals surface area contributed by atoms with Crippen molar-refractivity contribution < 1.29 is 8.42 Å². The van der Waals surface area contributed by atoms with E-state index in [1.165, 1.54) is 4.88 Å². The van der Waals surface area contributed by atoms with E-state index in [0.717, 1.165) is 12.8 Å². The van der Waals surface area contributed by atoms with Crippen LogP contribution in [0.15, 0.2) is 17.5 Å². The first kappa shape index (κ1) is 12.1. The van der Waals surface area contributed by atoms with Crippen molar-refractivity contribution in [2.24, 2.45) is 0 Å². The van der Waals surface area contributed by atoms with Crippen molar-refractivity contribution in [3.8, 4) is 0 Å². The summed E-state index contributed by atoms with van der Waals surface area (Å²) in [5.74, 6) is 0.273. The highest BCUT2D eigenvalue weighted by Crippen LogP contribution is 2.36. The van der Waals surface area contributed by atoms with Crippen LogP contribution in [0.1, 0.15) is 37.1 Å². The maximum absolute atomic E-state index is 12.1. The lowest BCUT2D eigenvalue weighted by molar-refractivity contribution is 0.400. The zero-order valence-electron chi connectivity index (χ0n) is 9.43. The highest BCUT2D eigenvalue weighted by atomic mass is 32.2. The Hall–Kier alpha value is -0.390. The number of hydrogen-bond acceptors (Lipinski definition) is 3. The van der Waals surface area contributed by atoms with Crippen molar-refractivity contribution >= 4 is 21.4 Å². The Kier molecular flexibility index (Phi) is 3.66. The molecule has 0 spiro atoms. The number of nitrogens with zero attached hydrogens (tertiary/aromatic N) is 1. The fourth-order valence-corrected chi connectivity index (χ4v) is 4.92. The van der Waals surface area contributed by atoms with Gasteiger partial charge in [-0.1, -0.05) is 13.0 Å². The van der Waals surface area contributed by atoms with E-state index in [-0.39, 0.29) is 11.8 Å². The Bertz CT molecular complexity index is 425. The molecule has 0 unspecified atom stereocenters. The standard InChI is InChI=1S/C11H17NO2S2/c1-2-9-16(13,14)12-7-3-5-10(12)11-6-4-8-15-11/h4,6,8,10H,2-3,5,7,9H2,1H3/t10-/m1/s1. The Balaban J connectivity index is 2.22. The summed E-state index contributed by atoms with van der Waals surface area (Å²) in [5.41, 5.74) is 0. The van der Waals surface area contributed by atoms with Gasteiger partial charge in [-0.15, -0.1) is 11.3 Å². The zero-order chi connectivity index (χ0) is 11.6. The minimum atomic E-state index is -3.05. The van der Waals surface area contributed by atoms with E-state index in [0.29, 0.717) is 13.0 Å². The molecule has 0 bridgehead atoms. The lowest BCUT2D eigenvalue weighted by atomic mass is 10.2. The van der Waals surface area contributed by atoms with Gasteiger partial charge in [0.25, 0.3) is 0 Å². The Morgan fingerprint density at radius 1 is 1.56 bits per heavy atom. The smallest absolute Gasteiger partial charge is 0.212 e. The lowest BCUT2D eigenvalue weighted by Crippen LogP contribution is -2.32. The van der Waals surface area contributed by atoms with Crippen LogP contribution in [0.5, 0.6) is 0 Å². The monoisotopic (exact) mass is 259 g/mol. The van der Waals surface area contributed by atoms with Gasteiger partial charge in [-0.3, -0.25) is 0 Å². The molecule has 1 saturated heterocycles. The van der Waals surface area contributed by atoms with Crippen molar-refractivity contribution in [2.45, 2.75) is 32.2 Å². The third kappa shape index (κ3) is 2.31. The SMILES string of the molecule is CCCS(=O)(=O)N1CCC[C@@H]1c1cccs1. The summed E-state index contributed by atoms with van der Waals surface area (Å²) >= 11 is 1.65. The van der Waals surface area contributed by atoms with Gasteiger partial charge < -0.3 is 0 Å². The van der Waals surface area contributed by atoms with Crippen molar-refractivity contribution in [1.29, 1.82) is 0 Å². The summed E-state index contributed by atoms with van der Waals surface area (Å²) in [4.78, 5) is 1.18. The van der Waals surface area contributed by atoms with Crippen LogP contribution in [0.25, 0.3) is 0 Å². The second kappa shape index (κ2) is 4.85. The molecule has 1 aliphatic rings. The van der Waals surface area contributed by atoms with Crippen LogP contribution in [0.4, 0.5) is 0 Å². The molecule has 0 saturated carbocycles. The van der Waals surface area contributed by atoms with Crippen molar-refractivity contribution in [3.05, 3.63) is 22.4 Å². The Morgan fingerprint density at radius 2 is 2.38 bits per heavy atom. The molecule has 1 aromatic rings. The normalized spacial score (nSPS) is 22.7. The second-order valence-corrected chi connectivity index (χ2v) is 7.12. The van der Waals surface area contributed by atoms with Crippen molar-refractivity contribution in [3.63, 3.8) is 0 Å². The first-order chi connectivity index (χ1) is 7.65. The number of thiophene rings is 1. The molecule has 1 fully saturated rings. The average Bonchev–Trinajstić information content (AvgIpc) is 2.88. The Morgan fingerprint density at radius 3 is 3.00 bits per heavy atom. The van der Waals surface area contributed by atoms with Gasteiger partial charge in [0.2, 0.25) is 10.0 Å². The maximum atomic E-state index is 12.1. The first-order valence-corrected chi connectivity index (χ1v) is 8.17. The predicted molar refractivity (Wildman–Crippen MR) is 67.1 cm³/mol. The van der Waals surface area contributed by atoms with E-state index in [2.05, 4.69) is 0 Å². The van der Waals surface area contributed by atoms with Gasteiger partial charge in [-0.25, -0.2) is 8.42 Å². The molecule has 2 heterocycles. The molecule has 5 heteroatoms. The van der Waals surface area contributed by atoms with Crippen LogP contribution in [-0.2, 0) is 10.0 Å². The Labute approximate surface area is 101 Å². The molecule has 0 amide bonds. The summed E-state index contributed by atoms with van der Waals surface area (Å²) in [6.45, 7) is 2.60. The quantitative estimate of drug-likeness (QED) is 0.833. The molecule has 1 aromatic heterocycles. The van der Waals surface area contributed by atoms with Crippen molar-refractivity contribution in [1.82, 2.24) is 4.31 Å². The molecule has 0 radical (unpaired) electrons. The third-order valence-electron chi connectivity index (χ3n) is 2.89. The third-order valence-corrected chi connectivity index (χ3v) is 5.94. The number of hydrogen-bond donors (Lipinski definition) is 0. The van der Waals surface area contributed by atoms with Gasteiger partial charge in [0.1, 0.15) is 0 Å². The van der Waals surface area contributed by atoms with E-state index in [1.807, 2.05) is 24.4 Å². The molecule has 0 aromatic carbocycles. The van der Waals surface area contributed by atoms with Crippen LogP contribution >= 0.6 is 11.3 Å². The van der Waals surface area contributed by atoms with Gasteiger partial charge in [0.15, 0.2) is 0 Å². The molecular formula is C11H17NO2S2. The van der Waals surface area contributed by atoms with E-state index < -0.39 is 10.0 Å². The highest BCUT2D eigenvalue weighted by molar-refractivity contribution is 7.89. The topological polar surface area (TPSA) is 37.4 Å². The minimum absolute atomic E-state index is 0.0940. The first-order valence-electron chi connectivity index (χ1n) is 5.68. The van der Waals surface area contributed by atoms with Crippen LogP contribution in [0.3, 0.4) is 0 Å². The molecule has 0 aliphatic carbocycles. The minimum Gasteiger partial charge on any atom is -0.212 e. The molecule has 1 aliphatic heterocycles. The van der Waals surface area contributed by atoms with Crippen LogP contribution in [0.2, 0.25) is 0 Å². The summed E-state index contributed by atoms with van der Waals surface area (Å²) in [7, 11) is -3.05. The zero-order valence-corrected chi connectivity index (χ0v) is 11.1. The lowest BCUT2D eigenvalue weighted by Gasteiger charge is -2.22. The van der Waals surface area contributed by atoms with Gasteiger partial charge in [-0.05, 0) is 30.7 Å².